The molecule has 0 aromatic heterocycles. The SMILES string of the molecule is NCCCC(N)NCCCNCCCNCCC(N)N. The molecular weight excluding hydrogens is 254 g/mol. The van der Waals surface area contributed by atoms with E-state index in [-0.39, 0.29) is 12.3 Å². The van der Waals surface area contributed by atoms with Gasteiger partial charge < -0.3 is 38.9 Å². The smallest absolute Gasteiger partial charge is 0.0546 e. The zero-order chi connectivity index (χ0) is 15.1. The van der Waals surface area contributed by atoms with Crippen LogP contribution in [0.15, 0.2) is 0 Å². The number of hydrogen-bond acceptors (Lipinski definition) is 7. The van der Waals surface area contributed by atoms with Gasteiger partial charge in [0.05, 0.1) is 12.3 Å². The van der Waals surface area contributed by atoms with Crippen LogP contribution in [0.2, 0.25) is 0 Å². The largest absolute Gasteiger partial charge is 0.330 e. The average Bonchev–Trinajstić information content (AvgIpc) is 2.42. The third-order valence-electron chi connectivity index (χ3n) is 3.02. The minimum Gasteiger partial charge on any atom is -0.330 e. The van der Waals surface area contributed by atoms with E-state index in [1.165, 1.54) is 0 Å². The fourth-order valence-electron chi connectivity index (χ4n) is 1.80. The van der Waals surface area contributed by atoms with Crippen LogP contribution in [-0.4, -0.2) is 51.6 Å². The van der Waals surface area contributed by atoms with Crippen molar-refractivity contribution in [2.45, 2.75) is 44.4 Å². The number of nitrogens with two attached hydrogens (primary N) is 4. The maximum atomic E-state index is 5.88. The van der Waals surface area contributed by atoms with E-state index in [0.717, 1.165) is 64.8 Å². The third kappa shape index (κ3) is 15.8. The van der Waals surface area contributed by atoms with Crippen LogP contribution in [0.25, 0.3) is 0 Å². The monoisotopic (exact) mass is 289 g/mol. The summed E-state index contributed by atoms with van der Waals surface area (Å²) in [5.74, 6) is 0. The Bertz CT molecular complexity index is 190. The molecule has 11 N–H and O–H groups in total. The molecule has 7 nitrogen and oxygen atoms in total. The predicted octanol–water partition coefficient (Wildman–Crippen LogP) is -1.81. The van der Waals surface area contributed by atoms with Gasteiger partial charge in [-0.25, -0.2) is 0 Å². The Hall–Kier alpha value is -0.280. The first-order valence-electron chi connectivity index (χ1n) is 7.78. The molecule has 0 saturated heterocycles. The molecule has 0 fully saturated rings. The normalized spacial score (nSPS) is 13.1. The van der Waals surface area contributed by atoms with Gasteiger partial charge in [-0.1, -0.05) is 0 Å². The Kier molecular flexibility index (Phi) is 14.9. The second kappa shape index (κ2) is 15.1. The van der Waals surface area contributed by atoms with Crippen molar-refractivity contribution < 1.29 is 0 Å². The van der Waals surface area contributed by atoms with E-state index in [0.29, 0.717) is 6.54 Å². The van der Waals surface area contributed by atoms with Gasteiger partial charge in [0, 0.05) is 0 Å². The molecular formula is C13H35N7. The molecule has 1 atom stereocenters. The van der Waals surface area contributed by atoms with Crippen LogP contribution in [0.3, 0.4) is 0 Å². The standard InChI is InChI=1S/C13H35N7/c14-6-1-4-13(17)20-10-3-9-18-7-2-8-19-11-5-12(15)16/h12-13,18-20H,1-11,14-17H2. The van der Waals surface area contributed by atoms with Gasteiger partial charge in [-0.15, -0.1) is 0 Å². The highest BCUT2D eigenvalue weighted by Gasteiger charge is 1.99. The van der Waals surface area contributed by atoms with Gasteiger partial charge in [0.25, 0.3) is 0 Å². The lowest BCUT2D eigenvalue weighted by molar-refractivity contribution is 0.469. The quantitative estimate of drug-likeness (QED) is 0.139. The Balaban J connectivity index is 3.06. The Morgan fingerprint density at radius 3 is 1.90 bits per heavy atom. The molecule has 20 heavy (non-hydrogen) atoms. The van der Waals surface area contributed by atoms with Crippen LogP contribution >= 0.6 is 0 Å². The van der Waals surface area contributed by atoms with Crippen LogP contribution in [0.4, 0.5) is 0 Å². The summed E-state index contributed by atoms with van der Waals surface area (Å²) in [6.07, 6.45) is 4.83. The fraction of sp³-hybridized carbons (Fsp3) is 1.00. The van der Waals surface area contributed by atoms with Gasteiger partial charge in [-0.2, -0.15) is 0 Å². The van der Waals surface area contributed by atoms with Gasteiger partial charge in [0.1, 0.15) is 0 Å². The summed E-state index contributed by atoms with van der Waals surface area (Å²) in [6, 6.07) is 0. The molecule has 0 aliphatic carbocycles. The maximum absolute atomic E-state index is 5.88. The molecule has 0 bridgehead atoms. The Morgan fingerprint density at radius 1 is 0.700 bits per heavy atom. The molecule has 0 saturated carbocycles. The minimum absolute atomic E-state index is 0.0802. The first kappa shape index (κ1) is 19.7. The third-order valence-corrected chi connectivity index (χ3v) is 3.02. The highest BCUT2D eigenvalue weighted by molar-refractivity contribution is 4.61. The van der Waals surface area contributed by atoms with Gasteiger partial charge >= 0.3 is 0 Å². The van der Waals surface area contributed by atoms with Gasteiger partial charge in [0.15, 0.2) is 0 Å². The van der Waals surface area contributed by atoms with Crippen LogP contribution in [0.1, 0.15) is 32.1 Å². The Labute approximate surface area is 123 Å². The second-order valence-electron chi connectivity index (χ2n) is 5.15. The van der Waals surface area contributed by atoms with Crippen molar-refractivity contribution in [2.24, 2.45) is 22.9 Å². The van der Waals surface area contributed by atoms with E-state index in [1.807, 2.05) is 0 Å². The van der Waals surface area contributed by atoms with E-state index in [9.17, 15) is 0 Å². The molecule has 0 amide bonds. The number of nitrogens with one attached hydrogen (secondary N) is 3. The number of rotatable bonds is 15. The maximum Gasteiger partial charge on any atom is 0.0546 e. The fourth-order valence-corrected chi connectivity index (χ4v) is 1.80. The summed E-state index contributed by atoms with van der Waals surface area (Å²) >= 11 is 0. The molecule has 122 valence electrons. The van der Waals surface area contributed by atoms with Crippen LogP contribution in [0, 0.1) is 0 Å². The summed E-state index contributed by atoms with van der Waals surface area (Å²) in [5.41, 5.74) is 22.2. The topological polar surface area (TPSA) is 140 Å². The molecule has 0 aliphatic heterocycles. The van der Waals surface area contributed by atoms with Crippen LogP contribution in [0.5, 0.6) is 0 Å². The second-order valence-corrected chi connectivity index (χ2v) is 5.15. The van der Waals surface area contributed by atoms with Crippen molar-refractivity contribution in [3.8, 4) is 0 Å². The van der Waals surface area contributed by atoms with Crippen molar-refractivity contribution in [1.82, 2.24) is 16.0 Å². The predicted molar refractivity (Wildman–Crippen MR) is 86.0 cm³/mol. The summed E-state index contributed by atoms with van der Waals surface area (Å²) in [4.78, 5) is 0. The molecule has 0 heterocycles. The van der Waals surface area contributed by atoms with Crippen LogP contribution in [-0.2, 0) is 0 Å². The first-order valence-corrected chi connectivity index (χ1v) is 7.78. The zero-order valence-corrected chi connectivity index (χ0v) is 12.7. The Morgan fingerprint density at radius 2 is 1.30 bits per heavy atom. The van der Waals surface area contributed by atoms with Gasteiger partial charge in [0.2, 0.25) is 0 Å². The van der Waals surface area contributed by atoms with Gasteiger partial charge in [-0.05, 0) is 71.4 Å². The van der Waals surface area contributed by atoms with Gasteiger partial charge in [-0.3, -0.25) is 0 Å². The molecule has 0 aliphatic rings. The molecule has 0 aromatic rings. The van der Waals surface area contributed by atoms with Crippen molar-refractivity contribution in [1.29, 1.82) is 0 Å². The lowest BCUT2D eigenvalue weighted by Crippen LogP contribution is -2.39. The van der Waals surface area contributed by atoms with Crippen molar-refractivity contribution in [2.75, 3.05) is 39.3 Å². The lowest BCUT2D eigenvalue weighted by Gasteiger charge is -2.13. The average molecular weight is 289 g/mol. The van der Waals surface area contributed by atoms with E-state index in [4.69, 9.17) is 22.9 Å². The lowest BCUT2D eigenvalue weighted by atomic mass is 10.2. The van der Waals surface area contributed by atoms with E-state index >= 15 is 0 Å². The minimum atomic E-state index is -0.204. The highest BCUT2D eigenvalue weighted by atomic mass is 15.0. The first-order chi connectivity index (χ1) is 9.66. The van der Waals surface area contributed by atoms with Crippen molar-refractivity contribution >= 4 is 0 Å². The highest BCUT2D eigenvalue weighted by Crippen LogP contribution is 1.88. The molecule has 1 unspecified atom stereocenters. The van der Waals surface area contributed by atoms with Crippen molar-refractivity contribution in [3.05, 3.63) is 0 Å². The van der Waals surface area contributed by atoms with E-state index in [1.54, 1.807) is 0 Å². The zero-order valence-electron chi connectivity index (χ0n) is 12.7. The van der Waals surface area contributed by atoms with E-state index in [2.05, 4.69) is 16.0 Å². The summed E-state index contributed by atoms with van der Waals surface area (Å²) in [6.45, 7) is 5.60. The molecule has 0 spiro atoms. The molecule has 7 heteroatoms. The van der Waals surface area contributed by atoms with Crippen LogP contribution < -0.4 is 38.9 Å². The molecule has 0 aromatic carbocycles. The number of hydrogen-bond donors (Lipinski definition) is 7. The molecule has 0 radical (unpaired) electrons. The van der Waals surface area contributed by atoms with E-state index < -0.39 is 0 Å². The summed E-state index contributed by atoms with van der Waals surface area (Å²) in [7, 11) is 0. The molecule has 0 rings (SSSR count). The van der Waals surface area contributed by atoms with Crippen molar-refractivity contribution in [3.63, 3.8) is 0 Å². The summed E-state index contributed by atoms with van der Waals surface area (Å²) in [5, 5.41) is 10.0. The summed E-state index contributed by atoms with van der Waals surface area (Å²) < 4.78 is 0.